The van der Waals surface area contributed by atoms with E-state index >= 15 is 0 Å². The van der Waals surface area contributed by atoms with E-state index in [4.69, 9.17) is 27.9 Å². The van der Waals surface area contributed by atoms with Gasteiger partial charge in [-0.2, -0.15) is 0 Å². The van der Waals surface area contributed by atoms with Crippen LogP contribution in [0.3, 0.4) is 0 Å². The van der Waals surface area contributed by atoms with Gasteiger partial charge in [0.15, 0.2) is 0 Å². The van der Waals surface area contributed by atoms with E-state index in [1.165, 1.54) is 6.07 Å². The number of hydrogen-bond acceptors (Lipinski definition) is 1. The van der Waals surface area contributed by atoms with Crippen LogP contribution in [0.25, 0.3) is 0 Å². The van der Waals surface area contributed by atoms with E-state index in [-0.39, 0.29) is 6.61 Å². The summed E-state index contributed by atoms with van der Waals surface area (Å²) >= 11 is 15.2. The topological polar surface area (TPSA) is 9.23 Å². The molecule has 0 atom stereocenters. The summed E-state index contributed by atoms with van der Waals surface area (Å²) in [5.74, 6) is 0.0824. The fraction of sp³-hybridized carbons (Fsp3) is 0.0769. The van der Waals surface area contributed by atoms with Gasteiger partial charge in [0.2, 0.25) is 0 Å². The molecule has 2 rings (SSSR count). The summed E-state index contributed by atoms with van der Waals surface area (Å²) in [6, 6.07) is 9.72. The lowest BCUT2D eigenvalue weighted by Gasteiger charge is -2.10. The van der Waals surface area contributed by atoms with E-state index in [1.54, 1.807) is 30.3 Å². The van der Waals surface area contributed by atoms with Crippen molar-refractivity contribution in [3.05, 3.63) is 62.3 Å². The first-order chi connectivity index (χ1) is 8.58. The Bertz CT molecular complexity index is 555. The third kappa shape index (κ3) is 3.16. The molecule has 0 saturated carbocycles. The largest absolute Gasteiger partial charge is 0.487 e. The lowest BCUT2D eigenvalue weighted by Crippen LogP contribution is -2.00. The quantitative estimate of drug-likeness (QED) is 0.713. The van der Waals surface area contributed by atoms with Crippen LogP contribution in [0.5, 0.6) is 5.75 Å². The zero-order chi connectivity index (χ0) is 13.1. The van der Waals surface area contributed by atoms with E-state index in [1.807, 2.05) is 0 Å². The number of halogens is 4. The molecule has 0 unspecified atom stereocenters. The van der Waals surface area contributed by atoms with Gasteiger partial charge in [0, 0.05) is 10.0 Å². The first-order valence-corrected chi connectivity index (χ1v) is 6.63. The molecule has 1 nitrogen and oxygen atoms in total. The molecule has 0 heterocycles. The maximum Gasteiger partial charge on any atom is 0.139 e. The molecular weight excluding hydrogens is 342 g/mol. The molecule has 0 amide bonds. The summed E-state index contributed by atoms with van der Waals surface area (Å²) < 4.78 is 19.8. The smallest absolute Gasteiger partial charge is 0.139 e. The van der Waals surface area contributed by atoms with Gasteiger partial charge in [-0.05, 0) is 30.3 Å². The molecule has 94 valence electrons. The maximum atomic E-state index is 13.5. The Balaban J connectivity index is 2.19. The Morgan fingerprint density at radius 1 is 1.11 bits per heavy atom. The summed E-state index contributed by atoms with van der Waals surface area (Å²) in [5, 5.41) is 0.798. The maximum absolute atomic E-state index is 13.5. The molecule has 0 aliphatic carbocycles. The molecular formula is C13H8BrCl2FO. The molecule has 5 heteroatoms. The van der Waals surface area contributed by atoms with Gasteiger partial charge in [0.05, 0.1) is 10.0 Å². The van der Waals surface area contributed by atoms with Gasteiger partial charge >= 0.3 is 0 Å². The lowest BCUT2D eigenvalue weighted by molar-refractivity contribution is 0.300. The monoisotopic (exact) mass is 348 g/mol. The van der Waals surface area contributed by atoms with Crippen LogP contribution in [0.15, 0.2) is 40.9 Å². The predicted molar refractivity (Wildman–Crippen MR) is 74.9 cm³/mol. The summed E-state index contributed by atoms with van der Waals surface area (Å²) in [7, 11) is 0. The van der Waals surface area contributed by atoms with Crippen molar-refractivity contribution in [2.45, 2.75) is 6.61 Å². The van der Waals surface area contributed by atoms with Crippen molar-refractivity contribution < 1.29 is 9.13 Å². The predicted octanol–water partition coefficient (Wildman–Crippen LogP) is 5.47. The number of rotatable bonds is 3. The SMILES string of the molecule is Fc1cccc(Cl)c1COc1cc(Br)ccc1Cl. The van der Waals surface area contributed by atoms with E-state index in [0.717, 1.165) is 4.47 Å². The Kier molecular flexibility index (Phi) is 4.49. The number of benzene rings is 2. The highest BCUT2D eigenvalue weighted by Gasteiger charge is 2.09. The summed E-state index contributed by atoms with van der Waals surface area (Å²) in [4.78, 5) is 0. The third-order valence-electron chi connectivity index (χ3n) is 2.33. The molecule has 0 spiro atoms. The van der Waals surface area contributed by atoms with E-state index < -0.39 is 5.82 Å². The normalized spacial score (nSPS) is 10.4. The minimum atomic E-state index is -0.395. The third-order valence-corrected chi connectivity index (χ3v) is 3.49. The van der Waals surface area contributed by atoms with Gasteiger partial charge in [-0.3, -0.25) is 0 Å². The molecule has 0 bridgehead atoms. The fourth-order valence-corrected chi connectivity index (χ4v) is 2.14. The van der Waals surface area contributed by atoms with Gasteiger partial charge in [-0.1, -0.05) is 45.2 Å². The van der Waals surface area contributed by atoms with Crippen molar-refractivity contribution in [1.82, 2.24) is 0 Å². The van der Waals surface area contributed by atoms with Crippen LogP contribution in [0.2, 0.25) is 10.0 Å². The average molecular weight is 350 g/mol. The van der Waals surface area contributed by atoms with E-state index in [0.29, 0.717) is 21.4 Å². The van der Waals surface area contributed by atoms with Crippen LogP contribution in [0.4, 0.5) is 4.39 Å². The van der Waals surface area contributed by atoms with Crippen LogP contribution in [0.1, 0.15) is 5.56 Å². The highest BCUT2D eigenvalue weighted by molar-refractivity contribution is 9.10. The Morgan fingerprint density at radius 2 is 1.89 bits per heavy atom. The van der Waals surface area contributed by atoms with Crippen LogP contribution < -0.4 is 4.74 Å². The molecule has 18 heavy (non-hydrogen) atoms. The summed E-state index contributed by atoms with van der Waals surface area (Å²) in [6.07, 6.45) is 0. The van der Waals surface area contributed by atoms with Crippen LogP contribution in [-0.2, 0) is 6.61 Å². The second kappa shape index (κ2) is 5.91. The van der Waals surface area contributed by atoms with Crippen LogP contribution >= 0.6 is 39.1 Å². The number of hydrogen-bond donors (Lipinski definition) is 0. The fourth-order valence-electron chi connectivity index (χ4n) is 1.41. The number of ether oxygens (including phenoxy) is 1. The van der Waals surface area contributed by atoms with E-state index in [2.05, 4.69) is 15.9 Å². The van der Waals surface area contributed by atoms with Crippen molar-refractivity contribution in [1.29, 1.82) is 0 Å². The van der Waals surface area contributed by atoms with Crippen molar-refractivity contribution in [3.63, 3.8) is 0 Å². The second-order valence-corrected chi connectivity index (χ2v) is 5.29. The Morgan fingerprint density at radius 3 is 2.61 bits per heavy atom. The van der Waals surface area contributed by atoms with Gasteiger partial charge in [0.25, 0.3) is 0 Å². The molecule has 2 aromatic rings. The molecule has 0 saturated heterocycles. The van der Waals surface area contributed by atoms with Gasteiger partial charge < -0.3 is 4.74 Å². The first kappa shape index (κ1) is 13.7. The van der Waals surface area contributed by atoms with Crippen LogP contribution in [-0.4, -0.2) is 0 Å². The molecule has 0 aliphatic heterocycles. The summed E-state index contributed by atoms with van der Waals surface area (Å²) in [6.45, 7) is 0.0294. The van der Waals surface area contributed by atoms with Crippen molar-refractivity contribution in [2.75, 3.05) is 0 Å². The zero-order valence-corrected chi connectivity index (χ0v) is 12.2. The Labute approximate surface area is 123 Å². The van der Waals surface area contributed by atoms with E-state index in [9.17, 15) is 4.39 Å². The molecule has 0 N–H and O–H groups in total. The minimum Gasteiger partial charge on any atom is -0.487 e. The standard InChI is InChI=1S/C13H8BrCl2FO/c14-8-4-5-11(16)13(6-8)18-7-9-10(15)2-1-3-12(9)17/h1-6H,7H2. The lowest BCUT2D eigenvalue weighted by atomic mass is 10.2. The van der Waals surface area contributed by atoms with Crippen LogP contribution in [0, 0.1) is 5.82 Å². The summed E-state index contributed by atoms with van der Waals surface area (Å²) in [5.41, 5.74) is 0.315. The van der Waals surface area contributed by atoms with Crippen molar-refractivity contribution in [3.8, 4) is 5.75 Å². The van der Waals surface area contributed by atoms with Crippen molar-refractivity contribution in [2.24, 2.45) is 0 Å². The molecule has 0 aliphatic rings. The van der Waals surface area contributed by atoms with Gasteiger partial charge in [-0.15, -0.1) is 0 Å². The average Bonchev–Trinajstić information content (AvgIpc) is 2.33. The molecule has 0 radical (unpaired) electrons. The zero-order valence-electron chi connectivity index (χ0n) is 9.09. The molecule has 0 aromatic heterocycles. The highest BCUT2D eigenvalue weighted by atomic mass is 79.9. The Hall–Kier alpha value is -0.770. The molecule has 2 aromatic carbocycles. The second-order valence-electron chi connectivity index (χ2n) is 3.56. The first-order valence-electron chi connectivity index (χ1n) is 5.08. The van der Waals surface area contributed by atoms with Crippen molar-refractivity contribution >= 4 is 39.1 Å². The molecule has 0 fully saturated rings. The van der Waals surface area contributed by atoms with Gasteiger partial charge in [0.1, 0.15) is 18.2 Å². The minimum absolute atomic E-state index is 0.0294. The highest BCUT2D eigenvalue weighted by Crippen LogP contribution is 2.29. The van der Waals surface area contributed by atoms with Gasteiger partial charge in [-0.25, -0.2) is 4.39 Å².